The first kappa shape index (κ1) is 20.5. The van der Waals surface area contributed by atoms with Crippen LogP contribution in [0.3, 0.4) is 0 Å². The molecule has 1 amide bonds. The van der Waals surface area contributed by atoms with Gasteiger partial charge in [0.2, 0.25) is 11.5 Å². The third-order valence-corrected chi connectivity index (χ3v) is 4.43. The van der Waals surface area contributed by atoms with Gasteiger partial charge < -0.3 is 19.1 Å². The lowest BCUT2D eigenvalue weighted by atomic mass is 10.1. The van der Waals surface area contributed by atoms with Crippen LogP contribution in [-0.4, -0.2) is 44.1 Å². The first-order valence-corrected chi connectivity index (χ1v) is 8.60. The van der Waals surface area contributed by atoms with E-state index in [1.54, 1.807) is 7.05 Å². The maximum absolute atomic E-state index is 12.9. The maximum atomic E-state index is 12.9. The minimum Gasteiger partial charge on any atom is -0.493 e. The fourth-order valence-corrected chi connectivity index (χ4v) is 2.89. The fourth-order valence-electron chi connectivity index (χ4n) is 2.63. The Bertz CT molecular complexity index is 854. The summed E-state index contributed by atoms with van der Waals surface area (Å²) in [6.07, 6.45) is 0. The molecular weight excluding hydrogens is 420 g/mol. The number of hydrogen-bond acceptors (Lipinski definition) is 6. The monoisotopic (exact) mass is 438 g/mol. The molecule has 0 saturated heterocycles. The van der Waals surface area contributed by atoms with Gasteiger partial charge in [0.1, 0.15) is 5.56 Å². The summed E-state index contributed by atoms with van der Waals surface area (Å²) < 4.78 is 16.4. The minimum absolute atomic E-state index is 0.0545. The molecule has 9 heteroatoms. The lowest BCUT2D eigenvalue weighted by Gasteiger charge is -2.19. The molecule has 0 aliphatic carbocycles. The molecule has 0 fully saturated rings. The molecule has 27 heavy (non-hydrogen) atoms. The molecule has 0 atom stereocenters. The van der Waals surface area contributed by atoms with Crippen molar-refractivity contribution in [3.63, 3.8) is 0 Å². The normalized spacial score (nSPS) is 10.3. The molecule has 0 aromatic heterocycles. The van der Waals surface area contributed by atoms with Crippen LogP contribution in [0.2, 0.25) is 0 Å². The number of nitro benzene ring substituents is 1. The molecule has 2 aromatic carbocycles. The summed E-state index contributed by atoms with van der Waals surface area (Å²) in [6, 6.07) is 8.72. The van der Waals surface area contributed by atoms with Gasteiger partial charge >= 0.3 is 5.69 Å². The molecule has 0 aliphatic heterocycles. The number of methoxy groups -OCH3 is 3. The van der Waals surface area contributed by atoms with Gasteiger partial charge in [-0.15, -0.1) is 0 Å². The first-order valence-electron chi connectivity index (χ1n) is 7.81. The van der Waals surface area contributed by atoms with Crippen LogP contribution in [0.15, 0.2) is 34.8 Å². The van der Waals surface area contributed by atoms with Crippen molar-refractivity contribution >= 4 is 27.5 Å². The molecule has 2 aromatic rings. The lowest BCUT2D eigenvalue weighted by molar-refractivity contribution is -0.386. The highest BCUT2D eigenvalue weighted by atomic mass is 79.9. The van der Waals surface area contributed by atoms with E-state index in [0.29, 0.717) is 0 Å². The second-order valence-corrected chi connectivity index (χ2v) is 6.50. The number of nitro groups is 1. The summed E-state index contributed by atoms with van der Waals surface area (Å²) in [5.74, 6) is -0.481. The first-order chi connectivity index (χ1) is 12.8. The van der Waals surface area contributed by atoms with Crippen molar-refractivity contribution in [3.8, 4) is 17.2 Å². The van der Waals surface area contributed by atoms with E-state index in [1.807, 2.05) is 24.3 Å². The SMILES string of the molecule is COc1cc(C(=O)N(C)Cc2ccc(Br)cc2)c([N+](=O)[O-])c(OC)c1OC. The zero-order valence-electron chi connectivity index (χ0n) is 15.3. The summed E-state index contributed by atoms with van der Waals surface area (Å²) in [6.45, 7) is 0.278. The number of amides is 1. The molecule has 144 valence electrons. The van der Waals surface area contributed by atoms with E-state index in [0.717, 1.165) is 10.0 Å². The van der Waals surface area contributed by atoms with Crippen LogP contribution in [0.25, 0.3) is 0 Å². The highest BCUT2D eigenvalue weighted by molar-refractivity contribution is 9.10. The van der Waals surface area contributed by atoms with Gasteiger partial charge in [0.15, 0.2) is 5.75 Å². The second-order valence-electron chi connectivity index (χ2n) is 5.59. The number of ether oxygens (including phenoxy) is 3. The van der Waals surface area contributed by atoms with Crippen molar-refractivity contribution in [1.29, 1.82) is 0 Å². The molecule has 0 N–H and O–H groups in total. The Balaban J connectivity index is 2.50. The number of hydrogen-bond donors (Lipinski definition) is 0. The molecule has 2 rings (SSSR count). The number of nitrogens with zero attached hydrogens (tertiary/aromatic N) is 2. The van der Waals surface area contributed by atoms with Crippen LogP contribution in [0.1, 0.15) is 15.9 Å². The standard InChI is InChI=1S/C18H19BrN2O6/c1-20(10-11-5-7-12(19)8-6-11)18(22)13-9-14(25-2)16(26-3)17(27-4)15(13)21(23)24/h5-9H,10H2,1-4H3. The van der Waals surface area contributed by atoms with Crippen LogP contribution in [0.4, 0.5) is 5.69 Å². The zero-order chi connectivity index (χ0) is 20.1. The average molecular weight is 439 g/mol. The topological polar surface area (TPSA) is 91.1 Å². The van der Waals surface area contributed by atoms with Crippen LogP contribution < -0.4 is 14.2 Å². The molecule has 0 saturated carbocycles. The summed E-state index contributed by atoms with van der Waals surface area (Å²) in [5.41, 5.74) is 0.265. The predicted molar refractivity (Wildman–Crippen MR) is 103 cm³/mol. The van der Waals surface area contributed by atoms with Crippen molar-refractivity contribution in [3.05, 3.63) is 56.0 Å². The Morgan fingerprint density at radius 3 is 2.19 bits per heavy atom. The van der Waals surface area contributed by atoms with E-state index >= 15 is 0 Å². The van der Waals surface area contributed by atoms with E-state index < -0.39 is 16.5 Å². The highest BCUT2D eigenvalue weighted by Crippen LogP contribution is 2.46. The number of benzene rings is 2. The predicted octanol–water partition coefficient (Wildman–Crippen LogP) is 3.66. The molecule has 0 radical (unpaired) electrons. The highest BCUT2D eigenvalue weighted by Gasteiger charge is 2.33. The van der Waals surface area contributed by atoms with Gasteiger partial charge in [-0.25, -0.2) is 0 Å². The third kappa shape index (κ3) is 4.30. The van der Waals surface area contributed by atoms with Crippen LogP contribution in [-0.2, 0) is 6.54 Å². The minimum atomic E-state index is -0.665. The van der Waals surface area contributed by atoms with Gasteiger partial charge in [0.05, 0.1) is 26.3 Å². The van der Waals surface area contributed by atoms with E-state index in [2.05, 4.69) is 15.9 Å². The molecule has 0 heterocycles. The molecule has 0 unspecified atom stereocenters. The van der Waals surface area contributed by atoms with E-state index in [-0.39, 0.29) is 29.4 Å². The fraction of sp³-hybridized carbons (Fsp3) is 0.278. The number of rotatable bonds is 7. The van der Waals surface area contributed by atoms with E-state index in [4.69, 9.17) is 14.2 Å². The summed E-state index contributed by atoms with van der Waals surface area (Å²) in [7, 11) is 5.55. The Morgan fingerprint density at radius 2 is 1.70 bits per heavy atom. The van der Waals surface area contributed by atoms with E-state index in [9.17, 15) is 14.9 Å². The molecule has 0 aliphatic rings. The summed E-state index contributed by atoms with van der Waals surface area (Å²) >= 11 is 3.35. The smallest absolute Gasteiger partial charge is 0.327 e. The average Bonchev–Trinajstić information content (AvgIpc) is 2.66. The quantitative estimate of drug-likeness (QED) is 0.483. The van der Waals surface area contributed by atoms with Crippen LogP contribution in [0.5, 0.6) is 17.2 Å². The maximum Gasteiger partial charge on any atom is 0.327 e. The van der Waals surface area contributed by atoms with Crippen LogP contribution in [0, 0.1) is 10.1 Å². The molecule has 0 spiro atoms. The summed E-state index contributed by atoms with van der Waals surface area (Å²) in [4.78, 5) is 25.3. The van der Waals surface area contributed by atoms with Gasteiger partial charge in [-0.05, 0) is 17.7 Å². The van der Waals surface area contributed by atoms with Crippen molar-refractivity contribution in [1.82, 2.24) is 4.90 Å². The van der Waals surface area contributed by atoms with Gasteiger partial charge in [-0.2, -0.15) is 0 Å². The zero-order valence-corrected chi connectivity index (χ0v) is 16.9. The third-order valence-electron chi connectivity index (χ3n) is 3.90. The van der Waals surface area contributed by atoms with Crippen molar-refractivity contribution in [2.24, 2.45) is 0 Å². The van der Waals surface area contributed by atoms with Crippen molar-refractivity contribution in [2.45, 2.75) is 6.54 Å². The van der Waals surface area contributed by atoms with Gasteiger partial charge in [-0.3, -0.25) is 14.9 Å². The number of halogens is 1. The van der Waals surface area contributed by atoms with Crippen molar-refractivity contribution < 1.29 is 23.9 Å². The van der Waals surface area contributed by atoms with Gasteiger partial charge in [-0.1, -0.05) is 28.1 Å². The van der Waals surface area contributed by atoms with Gasteiger partial charge in [0.25, 0.3) is 5.91 Å². The van der Waals surface area contributed by atoms with Gasteiger partial charge in [0, 0.05) is 24.1 Å². The number of carbonyl (C=O) groups excluding carboxylic acids is 1. The largest absolute Gasteiger partial charge is 0.493 e. The molecular formula is C18H19BrN2O6. The molecule has 8 nitrogen and oxygen atoms in total. The lowest BCUT2D eigenvalue weighted by Crippen LogP contribution is -2.27. The Kier molecular flexibility index (Phi) is 6.62. The Hall–Kier alpha value is -2.81. The Labute approximate surface area is 164 Å². The van der Waals surface area contributed by atoms with Crippen LogP contribution >= 0.6 is 15.9 Å². The Morgan fingerprint density at radius 1 is 1.11 bits per heavy atom. The van der Waals surface area contributed by atoms with E-state index in [1.165, 1.54) is 32.3 Å². The number of carbonyl (C=O) groups is 1. The molecule has 0 bridgehead atoms. The second kappa shape index (κ2) is 8.72. The summed E-state index contributed by atoms with van der Waals surface area (Å²) in [5, 5.41) is 11.6. The van der Waals surface area contributed by atoms with Crippen molar-refractivity contribution in [2.75, 3.05) is 28.4 Å².